The van der Waals surface area contributed by atoms with Crippen LogP contribution in [0.4, 0.5) is 0 Å². The summed E-state index contributed by atoms with van der Waals surface area (Å²) in [5, 5.41) is 0. The van der Waals surface area contributed by atoms with Gasteiger partial charge in [-0.1, -0.05) is 12.2 Å². The summed E-state index contributed by atoms with van der Waals surface area (Å²) in [5.74, 6) is 1.80. The Morgan fingerprint density at radius 1 is 1.64 bits per heavy atom. The first kappa shape index (κ1) is 7.87. The molecule has 58 valence electrons. The Hall–Kier alpha value is -1.23. The summed E-state index contributed by atoms with van der Waals surface area (Å²) < 4.78 is 4.76. The van der Waals surface area contributed by atoms with Crippen molar-refractivity contribution in [3.63, 3.8) is 0 Å². The molecular formula is C9H10O2. The Bertz CT molecular complexity index is 202. The average molecular weight is 150 g/mol. The summed E-state index contributed by atoms with van der Waals surface area (Å²) in [7, 11) is 0. The lowest BCUT2D eigenvalue weighted by molar-refractivity contribution is -0.137. The zero-order valence-corrected chi connectivity index (χ0v) is 6.25. The molecule has 0 aromatic carbocycles. The first-order chi connectivity index (χ1) is 5.33. The minimum atomic E-state index is -0.558. The molecule has 0 heterocycles. The second kappa shape index (κ2) is 3.82. The van der Waals surface area contributed by atoms with Crippen LogP contribution in [0, 0.1) is 18.3 Å². The molecule has 0 N–H and O–H groups in total. The molecule has 0 amide bonds. The van der Waals surface area contributed by atoms with Gasteiger partial charge in [0, 0.05) is 11.8 Å². The molecule has 0 saturated heterocycles. The van der Waals surface area contributed by atoms with Gasteiger partial charge in [0.25, 0.3) is 0 Å². The van der Waals surface area contributed by atoms with Crippen molar-refractivity contribution in [2.45, 2.75) is 12.8 Å². The van der Waals surface area contributed by atoms with Gasteiger partial charge in [0.1, 0.15) is 0 Å². The molecule has 2 heteroatoms. The van der Waals surface area contributed by atoms with E-state index in [9.17, 15) is 4.79 Å². The van der Waals surface area contributed by atoms with E-state index in [0.717, 1.165) is 12.8 Å². The lowest BCUT2D eigenvalue weighted by atomic mass is 10.1. The number of carbonyl (C=O) groups excluding carboxylic acids is 1. The van der Waals surface area contributed by atoms with Gasteiger partial charge in [0.15, 0.2) is 0 Å². The second-order valence-corrected chi connectivity index (χ2v) is 2.55. The van der Waals surface area contributed by atoms with E-state index < -0.39 is 5.97 Å². The molecule has 0 fully saturated rings. The minimum absolute atomic E-state index is 0.451. The summed E-state index contributed by atoms with van der Waals surface area (Å²) in [6.07, 6.45) is 11.0. The highest BCUT2D eigenvalue weighted by Gasteiger charge is 2.11. The predicted octanol–water partition coefficient (Wildman–Crippen LogP) is 1.13. The van der Waals surface area contributed by atoms with Gasteiger partial charge >= 0.3 is 5.97 Å². The number of terminal acetylenes is 1. The average Bonchev–Trinajstić information content (AvgIpc) is 2.52. The Balaban J connectivity index is 2.14. The zero-order chi connectivity index (χ0) is 8.10. The molecule has 0 spiro atoms. The van der Waals surface area contributed by atoms with Crippen molar-refractivity contribution in [3.8, 4) is 12.3 Å². The first-order valence-corrected chi connectivity index (χ1v) is 3.61. The third-order valence-corrected chi connectivity index (χ3v) is 1.67. The fourth-order valence-electron chi connectivity index (χ4n) is 1.04. The van der Waals surface area contributed by atoms with Gasteiger partial charge < -0.3 is 4.74 Å². The molecule has 0 bridgehead atoms. The fraction of sp³-hybridized carbons (Fsp3) is 0.444. The molecule has 11 heavy (non-hydrogen) atoms. The standard InChI is InChI=1S/C9H10O2/c1-2-9(10)11-7-8-5-3-4-6-8/h1,3-4,8H,5-7H2. The fourth-order valence-corrected chi connectivity index (χ4v) is 1.04. The van der Waals surface area contributed by atoms with E-state index in [1.54, 1.807) is 0 Å². The number of hydrogen-bond donors (Lipinski definition) is 0. The highest BCUT2D eigenvalue weighted by molar-refractivity contribution is 5.87. The smallest absolute Gasteiger partial charge is 0.384 e. The van der Waals surface area contributed by atoms with E-state index >= 15 is 0 Å². The number of rotatable bonds is 2. The van der Waals surface area contributed by atoms with E-state index in [4.69, 9.17) is 11.2 Å². The summed E-state index contributed by atoms with van der Waals surface area (Å²) >= 11 is 0. The normalized spacial score (nSPS) is 16.3. The topological polar surface area (TPSA) is 26.3 Å². The quantitative estimate of drug-likeness (QED) is 0.255. The molecule has 1 aliphatic rings. The predicted molar refractivity (Wildman–Crippen MR) is 41.7 cm³/mol. The van der Waals surface area contributed by atoms with Crippen LogP contribution in [0.3, 0.4) is 0 Å². The van der Waals surface area contributed by atoms with Crippen molar-refractivity contribution in [1.29, 1.82) is 0 Å². The van der Waals surface area contributed by atoms with Gasteiger partial charge in [-0.25, -0.2) is 4.79 Å². The molecular weight excluding hydrogens is 140 g/mol. The van der Waals surface area contributed by atoms with Crippen LogP contribution >= 0.6 is 0 Å². The maximum atomic E-state index is 10.5. The third-order valence-electron chi connectivity index (χ3n) is 1.67. The van der Waals surface area contributed by atoms with Crippen LogP contribution in [0.1, 0.15) is 12.8 Å². The van der Waals surface area contributed by atoms with Crippen LogP contribution in [0.15, 0.2) is 12.2 Å². The van der Waals surface area contributed by atoms with Gasteiger partial charge in [0.05, 0.1) is 6.61 Å². The van der Waals surface area contributed by atoms with Crippen LogP contribution in [0.5, 0.6) is 0 Å². The van der Waals surface area contributed by atoms with Crippen LogP contribution in [0.25, 0.3) is 0 Å². The van der Waals surface area contributed by atoms with Crippen molar-refractivity contribution < 1.29 is 9.53 Å². The highest BCUT2D eigenvalue weighted by Crippen LogP contribution is 2.17. The molecule has 0 aliphatic heterocycles. The van der Waals surface area contributed by atoms with E-state index in [2.05, 4.69) is 12.2 Å². The molecule has 0 aromatic heterocycles. The number of hydrogen-bond acceptors (Lipinski definition) is 2. The van der Waals surface area contributed by atoms with Gasteiger partial charge in [-0.3, -0.25) is 0 Å². The van der Waals surface area contributed by atoms with Gasteiger partial charge in [-0.2, -0.15) is 0 Å². The maximum Gasteiger partial charge on any atom is 0.384 e. The van der Waals surface area contributed by atoms with E-state index in [-0.39, 0.29) is 0 Å². The summed E-state index contributed by atoms with van der Waals surface area (Å²) in [6, 6.07) is 0. The van der Waals surface area contributed by atoms with Crippen molar-refractivity contribution in [2.75, 3.05) is 6.61 Å². The van der Waals surface area contributed by atoms with Crippen molar-refractivity contribution in [2.24, 2.45) is 5.92 Å². The summed E-state index contributed by atoms with van der Waals surface area (Å²) in [4.78, 5) is 10.5. The van der Waals surface area contributed by atoms with Crippen LogP contribution in [0.2, 0.25) is 0 Å². The minimum Gasteiger partial charge on any atom is -0.456 e. The number of allylic oxidation sites excluding steroid dienone is 2. The Labute approximate surface area is 66.2 Å². The molecule has 0 aromatic rings. The summed E-state index contributed by atoms with van der Waals surface area (Å²) in [5.41, 5.74) is 0. The lowest BCUT2D eigenvalue weighted by Crippen LogP contribution is -2.09. The van der Waals surface area contributed by atoms with Gasteiger partial charge in [-0.05, 0) is 12.8 Å². The maximum absolute atomic E-state index is 10.5. The monoisotopic (exact) mass is 150 g/mol. The van der Waals surface area contributed by atoms with Crippen LogP contribution in [-0.4, -0.2) is 12.6 Å². The number of ether oxygens (including phenoxy) is 1. The third kappa shape index (κ3) is 2.46. The molecule has 0 unspecified atom stereocenters. The largest absolute Gasteiger partial charge is 0.456 e. The first-order valence-electron chi connectivity index (χ1n) is 3.61. The van der Waals surface area contributed by atoms with Crippen LogP contribution < -0.4 is 0 Å². The molecule has 1 rings (SSSR count). The van der Waals surface area contributed by atoms with E-state index in [1.807, 2.05) is 5.92 Å². The number of carbonyl (C=O) groups is 1. The Kier molecular flexibility index (Phi) is 2.74. The van der Waals surface area contributed by atoms with Crippen LogP contribution in [-0.2, 0) is 9.53 Å². The van der Waals surface area contributed by atoms with Crippen molar-refractivity contribution in [3.05, 3.63) is 12.2 Å². The van der Waals surface area contributed by atoms with Gasteiger partial charge in [-0.15, -0.1) is 6.42 Å². The molecule has 0 atom stereocenters. The van der Waals surface area contributed by atoms with Gasteiger partial charge in [0.2, 0.25) is 0 Å². The van der Waals surface area contributed by atoms with E-state index in [1.165, 1.54) is 0 Å². The highest BCUT2D eigenvalue weighted by atomic mass is 16.5. The molecule has 1 aliphatic carbocycles. The summed E-state index contributed by atoms with van der Waals surface area (Å²) in [6.45, 7) is 0.454. The molecule has 2 nitrogen and oxygen atoms in total. The van der Waals surface area contributed by atoms with Crippen molar-refractivity contribution in [1.82, 2.24) is 0 Å². The SMILES string of the molecule is C#CC(=O)OCC1CC=CC1. The number of esters is 1. The van der Waals surface area contributed by atoms with Crippen molar-refractivity contribution >= 4 is 5.97 Å². The van der Waals surface area contributed by atoms with E-state index in [0.29, 0.717) is 12.5 Å². The lowest BCUT2D eigenvalue weighted by Gasteiger charge is -2.06. The Morgan fingerprint density at radius 3 is 2.82 bits per heavy atom. The second-order valence-electron chi connectivity index (χ2n) is 2.55. The Morgan fingerprint density at radius 2 is 2.27 bits per heavy atom. The molecule has 0 saturated carbocycles. The zero-order valence-electron chi connectivity index (χ0n) is 6.25. The molecule has 0 radical (unpaired) electrons.